The van der Waals surface area contributed by atoms with Crippen molar-refractivity contribution in [3.63, 3.8) is 0 Å². The summed E-state index contributed by atoms with van der Waals surface area (Å²) in [5.74, 6) is 0. The van der Waals surface area contributed by atoms with E-state index in [4.69, 9.17) is 0 Å². The fourth-order valence-corrected chi connectivity index (χ4v) is 2.37. The predicted octanol–water partition coefficient (Wildman–Crippen LogP) is 3.66. The first kappa shape index (κ1) is 9.65. The van der Waals surface area contributed by atoms with E-state index in [1.165, 1.54) is 20.3 Å². The summed E-state index contributed by atoms with van der Waals surface area (Å²) in [6.07, 6.45) is 3.65. The minimum atomic E-state index is 1.23. The molecule has 0 aliphatic heterocycles. The van der Waals surface area contributed by atoms with E-state index in [0.717, 1.165) is 0 Å². The van der Waals surface area contributed by atoms with Gasteiger partial charge in [-0.3, -0.25) is 4.98 Å². The molecule has 1 heterocycles. The number of benzene rings is 1. The zero-order valence-corrected chi connectivity index (χ0v) is 10.0. The summed E-state index contributed by atoms with van der Waals surface area (Å²) >= 11 is 2.37. The first-order chi connectivity index (χ1) is 6.77. The molecule has 0 unspecified atom stereocenters. The van der Waals surface area contributed by atoms with Gasteiger partial charge in [-0.25, -0.2) is 0 Å². The molecule has 0 saturated carbocycles. The Kier molecular flexibility index (Phi) is 2.82. The highest BCUT2D eigenvalue weighted by Crippen LogP contribution is 2.25. The zero-order valence-electron chi connectivity index (χ0n) is 7.87. The molecular formula is C12H10IN. The maximum Gasteiger partial charge on any atom is 0.0273 e. The molecule has 0 saturated heterocycles. The summed E-state index contributed by atoms with van der Waals surface area (Å²) in [7, 11) is 0. The molecule has 1 aromatic carbocycles. The van der Waals surface area contributed by atoms with Gasteiger partial charge in [-0.05, 0) is 58.8 Å². The van der Waals surface area contributed by atoms with E-state index in [9.17, 15) is 0 Å². The highest BCUT2D eigenvalue weighted by Gasteiger charge is 2.01. The van der Waals surface area contributed by atoms with Gasteiger partial charge in [0.1, 0.15) is 0 Å². The van der Waals surface area contributed by atoms with Crippen molar-refractivity contribution in [3.8, 4) is 11.1 Å². The summed E-state index contributed by atoms with van der Waals surface area (Å²) in [6.45, 7) is 2.11. The van der Waals surface area contributed by atoms with Crippen molar-refractivity contribution in [2.45, 2.75) is 6.92 Å². The van der Waals surface area contributed by atoms with E-state index in [1.54, 1.807) is 0 Å². The van der Waals surface area contributed by atoms with Crippen LogP contribution in [0.1, 0.15) is 5.56 Å². The van der Waals surface area contributed by atoms with Gasteiger partial charge in [0.25, 0.3) is 0 Å². The lowest BCUT2D eigenvalue weighted by Gasteiger charge is -2.04. The molecule has 14 heavy (non-hydrogen) atoms. The average Bonchev–Trinajstić information content (AvgIpc) is 2.19. The molecule has 2 rings (SSSR count). The number of aryl methyl sites for hydroxylation is 1. The predicted molar refractivity (Wildman–Crippen MR) is 67.1 cm³/mol. The topological polar surface area (TPSA) is 12.9 Å². The zero-order chi connectivity index (χ0) is 9.97. The highest BCUT2D eigenvalue weighted by molar-refractivity contribution is 14.1. The number of rotatable bonds is 1. The molecule has 0 spiro atoms. The van der Waals surface area contributed by atoms with E-state index < -0.39 is 0 Å². The molecule has 0 atom stereocenters. The van der Waals surface area contributed by atoms with E-state index in [1.807, 2.05) is 24.5 Å². The molecule has 0 bridgehead atoms. The Morgan fingerprint density at radius 3 is 2.43 bits per heavy atom. The number of aromatic nitrogens is 1. The van der Waals surface area contributed by atoms with Crippen molar-refractivity contribution < 1.29 is 0 Å². The van der Waals surface area contributed by atoms with Crippen LogP contribution in [0, 0.1) is 10.5 Å². The summed E-state index contributed by atoms with van der Waals surface area (Å²) < 4.78 is 1.29. The standard InChI is InChI=1S/C12H10IN/c1-9-2-3-11(12(13)8-9)10-4-6-14-7-5-10/h2-8H,1H3. The number of pyridine rings is 1. The minimum Gasteiger partial charge on any atom is -0.265 e. The molecule has 0 N–H and O–H groups in total. The molecule has 0 amide bonds. The second-order valence-corrected chi connectivity index (χ2v) is 4.38. The smallest absolute Gasteiger partial charge is 0.0273 e. The summed E-state index contributed by atoms with van der Waals surface area (Å²) in [6, 6.07) is 10.6. The molecule has 0 fully saturated rings. The van der Waals surface area contributed by atoms with E-state index >= 15 is 0 Å². The Morgan fingerprint density at radius 2 is 1.79 bits per heavy atom. The molecule has 1 aromatic heterocycles. The van der Waals surface area contributed by atoms with E-state index in [-0.39, 0.29) is 0 Å². The van der Waals surface area contributed by atoms with Gasteiger partial charge >= 0.3 is 0 Å². The van der Waals surface area contributed by atoms with Crippen LogP contribution < -0.4 is 0 Å². The van der Waals surface area contributed by atoms with Crippen LogP contribution in [0.3, 0.4) is 0 Å². The maximum absolute atomic E-state index is 4.02. The summed E-state index contributed by atoms with van der Waals surface area (Å²) in [5, 5.41) is 0. The second-order valence-electron chi connectivity index (χ2n) is 3.22. The molecule has 0 radical (unpaired) electrons. The third kappa shape index (κ3) is 1.95. The van der Waals surface area contributed by atoms with Gasteiger partial charge in [-0.15, -0.1) is 0 Å². The van der Waals surface area contributed by atoms with Gasteiger partial charge in [0.15, 0.2) is 0 Å². The van der Waals surface area contributed by atoms with Crippen molar-refractivity contribution in [2.75, 3.05) is 0 Å². The highest BCUT2D eigenvalue weighted by atomic mass is 127. The van der Waals surface area contributed by atoms with Crippen LogP contribution in [-0.4, -0.2) is 4.98 Å². The maximum atomic E-state index is 4.02. The van der Waals surface area contributed by atoms with Gasteiger partial charge < -0.3 is 0 Å². The summed E-state index contributed by atoms with van der Waals surface area (Å²) in [4.78, 5) is 4.02. The van der Waals surface area contributed by atoms with E-state index in [2.05, 4.69) is 52.7 Å². The third-order valence-corrected chi connectivity index (χ3v) is 3.01. The van der Waals surface area contributed by atoms with Crippen molar-refractivity contribution in [1.82, 2.24) is 4.98 Å². The lowest BCUT2D eigenvalue weighted by molar-refractivity contribution is 1.33. The average molecular weight is 295 g/mol. The largest absolute Gasteiger partial charge is 0.265 e. The van der Waals surface area contributed by atoms with Crippen LogP contribution in [0.4, 0.5) is 0 Å². The van der Waals surface area contributed by atoms with Gasteiger partial charge in [0.05, 0.1) is 0 Å². The van der Waals surface area contributed by atoms with Crippen LogP contribution in [0.15, 0.2) is 42.7 Å². The molecule has 0 aliphatic carbocycles. The second kappa shape index (κ2) is 4.09. The number of hydrogen-bond acceptors (Lipinski definition) is 1. The van der Waals surface area contributed by atoms with Gasteiger partial charge in [0.2, 0.25) is 0 Å². The molecule has 2 aromatic rings. The lowest BCUT2D eigenvalue weighted by atomic mass is 10.1. The van der Waals surface area contributed by atoms with Crippen LogP contribution in [0.25, 0.3) is 11.1 Å². The number of halogens is 1. The molecule has 1 nitrogen and oxygen atoms in total. The normalized spacial score (nSPS) is 10.1. The van der Waals surface area contributed by atoms with Gasteiger partial charge in [0, 0.05) is 16.0 Å². The van der Waals surface area contributed by atoms with Crippen molar-refractivity contribution in [1.29, 1.82) is 0 Å². The first-order valence-electron chi connectivity index (χ1n) is 4.44. The fraction of sp³-hybridized carbons (Fsp3) is 0.0833. The first-order valence-corrected chi connectivity index (χ1v) is 5.52. The van der Waals surface area contributed by atoms with Gasteiger partial charge in [-0.1, -0.05) is 17.7 Å². The fourth-order valence-electron chi connectivity index (χ4n) is 1.39. The Labute approximate surface area is 97.3 Å². The van der Waals surface area contributed by atoms with Crippen molar-refractivity contribution >= 4 is 22.6 Å². The van der Waals surface area contributed by atoms with Crippen LogP contribution in [0.5, 0.6) is 0 Å². The Bertz CT molecular complexity index is 437. The quantitative estimate of drug-likeness (QED) is 0.732. The van der Waals surface area contributed by atoms with E-state index in [0.29, 0.717) is 0 Å². The Hall–Kier alpha value is -0.900. The summed E-state index contributed by atoms with van der Waals surface area (Å²) in [5.41, 5.74) is 3.80. The molecule has 2 heteroatoms. The monoisotopic (exact) mass is 295 g/mol. The Morgan fingerprint density at radius 1 is 1.07 bits per heavy atom. The minimum absolute atomic E-state index is 1.23. The molecular weight excluding hydrogens is 285 g/mol. The van der Waals surface area contributed by atoms with Crippen LogP contribution >= 0.6 is 22.6 Å². The van der Waals surface area contributed by atoms with Crippen LogP contribution in [0.2, 0.25) is 0 Å². The SMILES string of the molecule is Cc1ccc(-c2ccncc2)c(I)c1. The Balaban J connectivity index is 2.53. The van der Waals surface area contributed by atoms with Crippen molar-refractivity contribution in [2.24, 2.45) is 0 Å². The number of hydrogen-bond donors (Lipinski definition) is 0. The third-order valence-electron chi connectivity index (χ3n) is 2.12. The number of nitrogens with zero attached hydrogens (tertiary/aromatic N) is 1. The lowest BCUT2D eigenvalue weighted by Crippen LogP contribution is -1.84. The molecule has 0 aliphatic rings. The van der Waals surface area contributed by atoms with Crippen molar-refractivity contribution in [3.05, 3.63) is 51.9 Å². The van der Waals surface area contributed by atoms with Crippen LogP contribution in [-0.2, 0) is 0 Å². The van der Waals surface area contributed by atoms with Gasteiger partial charge in [-0.2, -0.15) is 0 Å². The molecule has 70 valence electrons.